The van der Waals surface area contributed by atoms with Crippen molar-refractivity contribution in [2.24, 2.45) is 5.73 Å². The van der Waals surface area contributed by atoms with E-state index in [-0.39, 0.29) is 6.42 Å². The number of H-pyrrole nitrogens is 1. The molecule has 0 aliphatic heterocycles. The Kier molecular flexibility index (Phi) is 4.30. The standard InChI is InChI=1S/C18H21N3O2/c1-2-3-4-11-5-7-13-12(9-11)6-8-15-17(13)21-16(20-15)10-14(19)18(22)23/h5-9,14H,2-4,10,19H2,1H3,(H,20,21)(H,22,23)/t14-/m1/s1. The minimum absolute atomic E-state index is 0.195. The first-order chi connectivity index (χ1) is 11.1. The van der Waals surface area contributed by atoms with E-state index in [2.05, 4.69) is 41.2 Å². The van der Waals surface area contributed by atoms with Gasteiger partial charge < -0.3 is 15.8 Å². The van der Waals surface area contributed by atoms with Gasteiger partial charge in [-0.1, -0.05) is 37.6 Å². The Balaban J connectivity index is 1.98. The summed E-state index contributed by atoms with van der Waals surface area (Å²) < 4.78 is 0. The van der Waals surface area contributed by atoms with Gasteiger partial charge in [-0.05, 0) is 29.9 Å². The summed E-state index contributed by atoms with van der Waals surface area (Å²) in [5.74, 6) is -0.409. The third-order valence-corrected chi connectivity index (χ3v) is 4.13. The van der Waals surface area contributed by atoms with Crippen LogP contribution in [0, 0.1) is 0 Å². The maximum atomic E-state index is 10.9. The average molecular weight is 311 g/mol. The van der Waals surface area contributed by atoms with Gasteiger partial charge in [0.05, 0.1) is 11.0 Å². The third kappa shape index (κ3) is 3.19. The number of imidazole rings is 1. The van der Waals surface area contributed by atoms with Crippen molar-refractivity contribution in [1.29, 1.82) is 0 Å². The van der Waals surface area contributed by atoms with Crippen molar-refractivity contribution < 1.29 is 9.90 Å². The van der Waals surface area contributed by atoms with E-state index in [0.29, 0.717) is 5.82 Å². The lowest BCUT2D eigenvalue weighted by molar-refractivity contribution is -0.138. The molecule has 0 saturated heterocycles. The molecule has 1 atom stereocenters. The molecule has 5 heteroatoms. The molecule has 23 heavy (non-hydrogen) atoms. The van der Waals surface area contributed by atoms with E-state index < -0.39 is 12.0 Å². The van der Waals surface area contributed by atoms with E-state index in [1.165, 1.54) is 18.4 Å². The quantitative estimate of drug-likeness (QED) is 0.652. The SMILES string of the molecule is CCCCc1ccc2c(ccc3[nH]c(C[C@@H](N)C(=O)O)nc32)c1. The molecule has 5 nitrogen and oxygen atoms in total. The van der Waals surface area contributed by atoms with Gasteiger partial charge in [-0.2, -0.15) is 0 Å². The van der Waals surface area contributed by atoms with Crippen molar-refractivity contribution in [3.8, 4) is 0 Å². The summed E-state index contributed by atoms with van der Waals surface area (Å²) in [5.41, 5.74) is 8.71. The highest BCUT2D eigenvalue weighted by atomic mass is 16.4. The maximum Gasteiger partial charge on any atom is 0.320 e. The normalized spacial score (nSPS) is 12.8. The molecule has 3 rings (SSSR count). The fraction of sp³-hybridized carbons (Fsp3) is 0.333. The molecule has 1 heterocycles. The number of carboxylic acid groups (broad SMARTS) is 1. The van der Waals surface area contributed by atoms with Gasteiger partial charge in [0.2, 0.25) is 0 Å². The van der Waals surface area contributed by atoms with Crippen molar-refractivity contribution in [2.75, 3.05) is 0 Å². The number of aromatic amines is 1. The fourth-order valence-electron chi connectivity index (χ4n) is 2.83. The molecule has 0 aliphatic rings. The summed E-state index contributed by atoms with van der Waals surface area (Å²) in [7, 11) is 0. The number of fused-ring (bicyclic) bond motifs is 3. The van der Waals surface area contributed by atoms with Gasteiger partial charge in [0.1, 0.15) is 11.9 Å². The summed E-state index contributed by atoms with van der Waals surface area (Å²) in [6.45, 7) is 2.19. The summed E-state index contributed by atoms with van der Waals surface area (Å²) in [5, 5.41) is 11.2. The van der Waals surface area contributed by atoms with Crippen LogP contribution in [0.15, 0.2) is 30.3 Å². The monoisotopic (exact) mass is 311 g/mol. The predicted octanol–water partition coefficient (Wildman–Crippen LogP) is 3.01. The van der Waals surface area contributed by atoms with Gasteiger partial charge in [-0.15, -0.1) is 0 Å². The van der Waals surface area contributed by atoms with Gasteiger partial charge in [0.15, 0.2) is 0 Å². The molecule has 4 N–H and O–H groups in total. The fourth-order valence-corrected chi connectivity index (χ4v) is 2.83. The van der Waals surface area contributed by atoms with Crippen LogP contribution in [0.4, 0.5) is 0 Å². The van der Waals surface area contributed by atoms with Gasteiger partial charge in [-0.3, -0.25) is 4.79 Å². The number of rotatable bonds is 6. The Hall–Kier alpha value is -2.40. The minimum atomic E-state index is -1.02. The van der Waals surface area contributed by atoms with E-state index in [0.717, 1.165) is 28.2 Å². The van der Waals surface area contributed by atoms with Crippen LogP contribution in [0.2, 0.25) is 0 Å². The van der Waals surface area contributed by atoms with E-state index in [9.17, 15) is 4.79 Å². The number of nitrogens with two attached hydrogens (primary N) is 1. The van der Waals surface area contributed by atoms with Crippen molar-refractivity contribution in [3.63, 3.8) is 0 Å². The molecule has 120 valence electrons. The van der Waals surface area contributed by atoms with Gasteiger partial charge >= 0.3 is 5.97 Å². The summed E-state index contributed by atoms with van der Waals surface area (Å²) in [6, 6.07) is 9.58. The number of hydrogen-bond acceptors (Lipinski definition) is 3. The maximum absolute atomic E-state index is 10.9. The van der Waals surface area contributed by atoms with Crippen LogP contribution in [-0.4, -0.2) is 27.1 Å². The smallest absolute Gasteiger partial charge is 0.320 e. The Labute approximate surface area is 134 Å². The van der Waals surface area contributed by atoms with Crippen LogP contribution in [-0.2, 0) is 17.6 Å². The third-order valence-electron chi connectivity index (χ3n) is 4.13. The number of benzene rings is 2. The molecule has 0 unspecified atom stereocenters. The van der Waals surface area contributed by atoms with Crippen molar-refractivity contribution in [3.05, 3.63) is 41.7 Å². The van der Waals surface area contributed by atoms with E-state index in [1.54, 1.807) is 0 Å². The van der Waals surface area contributed by atoms with Crippen LogP contribution in [0.1, 0.15) is 31.2 Å². The molecule has 0 radical (unpaired) electrons. The highest BCUT2D eigenvalue weighted by molar-refractivity contribution is 6.04. The largest absolute Gasteiger partial charge is 0.480 e. The van der Waals surface area contributed by atoms with E-state index >= 15 is 0 Å². The van der Waals surface area contributed by atoms with Crippen molar-refractivity contribution in [2.45, 2.75) is 38.6 Å². The lowest BCUT2D eigenvalue weighted by Gasteiger charge is -2.03. The number of nitrogens with zero attached hydrogens (tertiary/aromatic N) is 1. The molecule has 0 saturated carbocycles. The minimum Gasteiger partial charge on any atom is -0.480 e. The van der Waals surface area contributed by atoms with Crippen LogP contribution >= 0.6 is 0 Å². The van der Waals surface area contributed by atoms with Crippen LogP contribution < -0.4 is 5.73 Å². The van der Waals surface area contributed by atoms with Crippen molar-refractivity contribution >= 4 is 27.8 Å². The first-order valence-corrected chi connectivity index (χ1v) is 7.97. The molecule has 2 aromatic carbocycles. The first-order valence-electron chi connectivity index (χ1n) is 7.97. The van der Waals surface area contributed by atoms with E-state index in [1.807, 2.05) is 6.07 Å². The van der Waals surface area contributed by atoms with E-state index in [4.69, 9.17) is 10.8 Å². The lowest BCUT2D eigenvalue weighted by Crippen LogP contribution is -2.32. The number of aliphatic carboxylic acids is 1. The van der Waals surface area contributed by atoms with Crippen LogP contribution in [0.5, 0.6) is 0 Å². The molecule has 0 amide bonds. The average Bonchev–Trinajstić information content (AvgIpc) is 2.95. The number of unbranched alkanes of at least 4 members (excludes halogenated alkanes) is 1. The molecule has 0 spiro atoms. The van der Waals surface area contributed by atoms with Gasteiger partial charge in [0.25, 0.3) is 0 Å². The molecule has 3 aromatic rings. The van der Waals surface area contributed by atoms with Crippen LogP contribution in [0.25, 0.3) is 21.8 Å². The Morgan fingerprint density at radius 3 is 2.91 bits per heavy atom. The van der Waals surface area contributed by atoms with Gasteiger partial charge in [-0.25, -0.2) is 4.98 Å². The molecule has 0 fully saturated rings. The summed E-state index contributed by atoms with van der Waals surface area (Å²) in [6.07, 6.45) is 3.65. The Morgan fingerprint density at radius 1 is 1.35 bits per heavy atom. The molecule has 1 aromatic heterocycles. The Bertz CT molecular complexity index is 854. The summed E-state index contributed by atoms with van der Waals surface area (Å²) in [4.78, 5) is 18.6. The first kappa shape index (κ1) is 15.5. The van der Waals surface area contributed by atoms with Crippen molar-refractivity contribution in [1.82, 2.24) is 9.97 Å². The second-order valence-electron chi connectivity index (χ2n) is 5.95. The lowest BCUT2D eigenvalue weighted by atomic mass is 10.0. The predicted molar refractivity (Wildman–Crippen MR) is 91.5 cm³/mol. The zero-order valence-corrected chi connectivity index (χ0v) is 13.2. The second kappa shape index (κ2) is 6.38. The Morgan fingerprint density at radius 2 is 2.17 bits per heavy atom. The van der Waals surface area contributed by atoms with Crippen LogP contribution in [0.3, 0.4) is 0 Å². The number of carboxylic acids is 1. The number of aryl methyl sites for hydroxylation is 1. The van der Waals surface area contributed by atoms with Gasteiger partial charge in [0, 0.05) is 11.8 Å². The molecular formula is C18H21N3O2. The number of carbonyl (C=O) groups is 1. The molecule has 0 aliphatic carbocycles. The topological polar surface area (TPSA) is 92.0 Å². The zero-order chi connectivity index (χ0) is 16.4. The highest BCUT2D eigenvalue weighted by Crippen LogP contribution is 2.25. The zero-order valence-electron chi connectivity index (χ0n) is 13.2. The molecule has 0 bridgehead atoms. The molecular weight excluding hydrogens is 290 g/mol. The number of hydrogen-bond donors (Lipinski definition) is 3. The highest BCUT2D eigenvalue weighted by Gasteiger charge is 2.15. The summed E-state index contributed by atoms with van der Waals surface area (Å²) >= 11 is 0. The second-order valence-corrected chi connectivity index (χ2v) is 5.95. The number of nitrogens with one attached hydrogen (secondary N) is 1. The number of aromatic nitrogens is 2.